The lowest BCUT2D eigenvalue weighted by Gasteiger charge is -2.16. The Labute approximate surface area is 115 Å². The zero-order valence-electron chi connectivity index (χ0n) is 11.4. The summed E-state index contributed by atoms with van der Waals surface area (Å²) in [5, 5.41) is 7.78. The standard InChI is InChI=1S/C12H17F3N4O/c1-4-17-11(20)7(2)18-10-6-8(12(13,14)15)5-9(16-3)19-10/h5-7H,4H2,1-3H3,(H,17,20)(H2,16,18,19). The molecule has 1 unspecified atom stereocenters. The molecule has 1 rings (SSSR count). The van der Waals surface area contributed by atoms with Crippen LogP contribution < -0.4 is 16.0 Å². The van der Waals surface area contributed by atoms with Crippen LogP contribution in [0.15, 0.2) is 12.1 Å². The number of hydrogen-bond donors (Lipinski definition) is 3. The third-order valence-corrected chi connectivity index (χ3v) is 2.52. The Kier molecular flexibility index (Phi) is 5.18. The first-order valence-electron chi connectivity index (χ1n) is 6.09. The normalized spacial score (nSPS) is 12.7. The average Bonchev–Trinajstić information content (AvgIpc) is 2.37. The van der Waals surface area contributed by atoms with Gasteiger partial charge >= 0.3 is 6.18 Å². The first-order chi connectivity index (χ1) is 9.27. The van der Waals surface area contributed by atoms with Crippen LogP contribution in [0.3, 0.4) is 0 Å². The minimum atomic E-state index is -4.47. The molecule has 0 saturated carbocycles. The highest BCUT2D eigenvalue weighted by atomic mass is 19.4. The maximum atomic E-state index is 12.7. The van der Waals surface area contributed by atoms with Gasteiger partial charge in [0.25, 0.3) is 0 Å². The lowest BCUT2D eigenvalue weighted by atomic mass is 10.2. The first kappa shape index (κ1) is 16.1. The molecule has 0 aromatic carbocycles. The lowest BCUT2D eigenvalue weighted by Crippen LogP contribution is -2.37. The molecule has 0 aliphatic heterocycles. The van der Waals surface area contributed by atoms with Crippen LogP contribution >= 0.6 is 0 Å². The van der Waals surface area contributed by atoms with E-state index in [9.17, 15) is 18.0 Å². The fourth-order valence-corrected chi connectivity index (χ4v) is 1.51. The fraction of sp³-hybridized carbons (Fsp3) is 0.500. The summed E-state index contributed by atoms with van der Waals surface area (Å²) in [5.41, 5.74) is -0.831. The zero-order valence-corrected chi connectivity index (χ0v) is 11.4. The molecule has 1 atom stereocenters. The lowest BCUT2D eigenvalue weighted by molar-refractivity contribution is -0.137. The van der Waals surface area contributed by atoms with Gasteiger partial charge in [-0.2, -0.15) is 13.2 Å². The molecular weight excluding hydrogens is 273 g/mol. The number of aromatic nitrogens is 1. The van der Waals surface area contributed by atoms with Gasteiger partial charge in [-0.1, -0.05) is 0 Å². The van der Waals surface area contributed by atoms with Crippen LogP contribution in [0, 0.1) is 0 Å². The number of anilines is 2. The molecule has 5 nitrogen and oxygen atoms in total. The van der Waals surface area contributed by atoms with Crippen molar-refractivity contribution in [2.24, 2.45) is 0 Å². The molecule has 112 valence electrons. The van der Waals surface area contributed by atoms with E-state index in [2.05, 4.69) is 20.9 Å². The summed E-state index contributed by atoms with van der Waals surface area (Å²) in [6, 6.07) is 1.09. The molecule has 0 spiro atoms. The second-order valence-electron chi connectivity index (χ2n) is 4.13. The summed E-state index contributed by atoms with van der Waals surface area (Å²) in [6.45, 7) is 3.75. The number of rotatable bonds is 5. The summed E-state index contributed by atoms with van der Waals surface area (Å²) in [7, 11) is 1.47. The third-order valence-electron chi connectivity index (χ3n) is 2.52. The van der Waals surface area contributed by atoms with E-state index in [1.165, 1.54) is 7.05 Å². The Morgan fingerprint density at radius 3 is 2.45 bits per heavy atom. The van der Waals surface area contributed by atoms with Gasteiger partial charge in [0, 0.05) is 13.6 Å². The van der Waals surface area contributed by atoms with E-state index in [0.29, 0.717) is 6.54 Å². The van der Waals surface area contributed by atoms with Crippen molar-refractivity contribution < 1.29 is 18.0 Å². The van der Waals surface area contributed by atoms with Gasteiger partial charge in [0.1, 0.15) is 17.7 Å². The average molecular weight is 290 g/mol. The molecule has 8 heteroatoms. The molecule has 20 heavy (non-hydrogen) atoms. The van der Waals surface area contributed by atoms with Crippen LogP contribution in [0.1, 0.15) is 19.4 Å². The van der Waals surface area contributed by atoms with Gasteiger partial charge in [-0.15, -0.1) is 0 Å². The first-order valence-corrected chi connectivity index (χ1v) is 6.09. The molecular formula is C12H17F3N4O. The number of likely N-dealkylation sites (N-methyl/N-ethyl adjacent to an activating group) is 1. The number of carbonyl (C=O) groups is 1. The van der Waals surface area contributed by atoms with Crippen LogP contribution in [-0.2, 0) is 11.0 Å². The molecule has 0 saturated heterocycles. The predicted octanol–water partition coefficient (Wildman–Crippen LogP) is 2.08. The maximum Gasteiger partial charge on any atom is 0.416 e. The van der Waals surface area contributed by atoms with Crippen molar-refractivity contribution in [2.45, 2.75) is 26.1 Å². The summed E-state index contributed by atoms with van der Waals surface area (Å²) >= 11 is 0. The predicted molar refractivity (Wildman–Crippen MR) is 70.6 cm³/mol. The van der Waals surface area contributed by atoms with E-state index in [-0.39, 0.29) is 17.5 Å². The minimum absolute atomic E-state index is 0.0112. The molecule has 1 amide bonds. The molecule has 1 aromatic heterocycles. The second-order valence-corrected chi connectivity index (χ2v) is 4.13. The van der Waals surface area contributed by atoms with Crippen LogP contribution in [0.25, 0.3) is 0 Å². The van der Waals surface area contributed by atoms with E-state index < -0.39 is 17.8 Å². The van der Waals surface area contributed by atoms with E-state index in [1.807, 2.05) is 0 Å². The van der Waals surface area contributed by atoms with Crippen LogP contribution in [0.2, 0.25) is 0 Å². The van der Waals surface area contributed by atoms with E-state index in [1.54, 1.807) is 13.8 Å². The maximum absolute atomic E-state index is 12.7. The summed E-state index contributed by atoms with van der Waals surface area (Å²) in [5.74, 6) is -0.244. The van der Waals surface area contributed by atoms with Gasteiger partial charge in [-0.3, -0.25) is 4.79 Å². The third kappa shape index (κ3) is 4.29. The van der Waals surface area contributed by atoms with E-state index in [0.717, 1.165) is 12.1 Å². The highest BCUT2D eigenvalue weighted by molar-refractivity contribution is 5.83. The number of pyridine rings is 1. The number of nitrogens with zero attached hydrogens (tertiary/aromatic N) is 1. The molecule has 0 radical (unpaired) electrons. The number of nitrogens with one attached hydrogen (secondary N) is 3. The fourth-order valence-electron chi connectivity index (χ4n) is 1.51. The van der Waals surface area contributed by atoms with Gasteiger partial charge in [-0.25, -0.2) is 4.98 Å². The summed E-state index contributed by atoms with van der Waals surface area (Å²) < 4.78 is 38.2. The Bertz CT molecular complexity index is 476. The van der Waals surface area contributed by atoms with Gasteiger partial charge in [0.15, 0.2) is 0 Å². The van der Waals surface area contributed by atoms with Gasteiger partial charge in [0.05, 0.1) is 5.56 Å². The Hall–Kier alpha value is -1.99. The highest BCUT2D eigenvalue weighted by Crippen LogP contribution is 2.32. The summed E-state index contributed by atoms with van der Waals surface area (Å²) in [6.07, 6.45) is -4.47. The smallest absolute Gasteiger partial charge is 0.373 e. The molecule has 1 aromatic rings. The molecule has 0 bridgehead atoms. The number of halogens is 3. The highest BCUT2D eigenvalue weighted by Gasteiger charge is 2.31. The van der Waals surface area contributed by atoms with Crippen molar-refractivity contribution in [2.75, 3.05) is 24.2 Å². The van der Waals surface area contributed by atoms with Gasteiger partial charge in [0.2, 0.25) is 5.91 Å². The van der Waals surface area contributed by atoms with Gasteiger partial charge in [-0.05, 0) is 26.0 Å². The zero-order chi connectivity index (χ0) is 15.3. The van der Waals surface area contributed by atoms with Crippen LogP contribution in [-0.4, -0.2) is 30.5 Å². The monoisotopic (exact) mass is 290 g/mol. The van der Waals surface area contributed by atoms with Gasteiger partial charge < -0.3 is 16.0 Å². The molecule has 1 heterocycles. The molecule has 3 N–H and O–H groups in total. The number of carbonyl (C=O) groups excluding carboxylic acids is 1. The summed E-state index contributed by atoms with van der Waals surface area (Å²) in [4.78, 5) is 15.5. The van der Waals surface area contributed by atoms with Crippen LogP contribution in [0.5, 0.6) is 0 Å². The van der Waals surface area contributed by atoms with Crippen LogP contribution in [0.4, 0.5) is 24.8 Å². The quantitative estimate of drug-likeness (QED) is 0.777. The Morgan fingerprint density at radius 1 is 1.35 bits per heavy atom. The van der Waals surface area contributed by atoms with E-state index >= 15 is 0 Å². The number of hydrogen-bond acceptors (Lipinski definition) is 4. The molecule has 0 aliphatic carbocycles. The van der Waals surface area contributed by atoms with Crippen molar-refractivity contribution in [3.05, 3.63) is 17.7 Å². The van der Waals surface area contributed by atoms with Crippen molar-refractivity contribution in [3.8, 4) is 0 Å². The largest absolute Gasteiger partial charge is 0.416 e. The minimum Gasteiger partial charge on any atom is -0.373 e. The number of alkyl halides is 3. The van der Waals surface area contributed by atoms with Crippen molar-refractivity contribution >= 4 is 17.5 Å². The second kappa shape index (κ2) is 6.44. The molecule has 0 fully saturated rings. The van der Waals surface area contributed by atoms with Crippen molar-refractivity contribution in [1.29, 1.82) is 0 Å². The molecule has 0 aliphatic rings. The van der Waals surface area contributed by atoms with Crippen molar-refractivity contribution in [3.63, 3.8) is 0 Å². The Morgan fingerprint density at radius 2 is 1.95 bits per heavy atom. The Balaban J connectivity index is 2.97. The topological polar surface area (TPSA) is 66.1 Å². The van der Waals surface area contributed by atoms with Crippen molar-refractivity contribution in [1.82, 2.24) is 10.3 Å². The van der Waals surface area contributed by atoms with E-state index in [4.69, 9.17) is 0 Å². The number of amides is 1. The SMILES string of the molecule is CCNC(=O)C(C)Nc1cc(C(F)(F)F)cc(NC)n1.